The number of amides is 2. The second kappa shape index (κ2) is 6.37. The second-order valence-electron chi connectivity index (χ2n) is 5.40. The number of rotatable bonds is 4. The van der Waals surface area contributed by atoms with Gasteiger partial charge in [-0.15, -0.1) is 11.3 Å². The molecule has 0 unspecified atom stereocenters. The fourth-order valence-corrected chi connectivity index (χ4v) is 3.29. The molecular weight excluding hydrogens is 314 g/mol. The van der Waals surface area contributed by atoms with Crippen LogP contribution in [-0.2, 0) is 4.79 Å². The van der Waals surface area contributed by atoms with Crippen molar-refractivity contribution in [3.05, 3.63) is 45.9 Å². The molecule has 2 aromatic rings. The van der Waals surface area contributed by atoms with Crippen LogP contribution in [0.2, 0.25) is 0 Å². The maximum absolute atomic E-state index is 12.2. The third-order valence-corrected chi connectivity index (χ3v) is 4.84. The van der Waals surface area contributed by atoms with E-state index in [0.717, 1.165) is 17.7 Å². The van der Waals surface area contributed by atoms with Gasteiger partial charge in [0.1, 0.15) is 10.6 Å². The van der Waals surface area contributed by atoms with Crippen LogP contribution in [0.1, 0.15) is 33.3 Å². The summed E-state index contributed by atoms with van der Waals surface area (Å²) in [6.07, 6.45) is 0.752. The van der Waals surface area contributed by atoms with Gasteiger partial charge < -0.3 is 4.74 Å². The zero-order chi connectivity index (χ0) is 16.4. The number of methoxy groups -OCH3 is 1. The molecule has 1 aromatic carbocycles. The van der Waals surface area contributed by atoms with Crippen molar-refractivity contribution in [1.29, 1.82) is 0 Å². The fourth-order valence-electron chi connectivity index (χ4n) is 2.59. The summed E-state index contributed by atoms with van der Waals surface area (Å²) in [5.41, 5.74) is 8.23. The van der Waals surface area contributed by atoms with Gasteiger partial charge in [-0.25, -0.2) is 4.98 Å². The molecule has 0 spiro atoms. The zero-order valence-corrected chi connectivity index (χ0v) is 13.6. The van der Waals surface area contributed by atoms with Gasteiger partial charge in [0.2, 0.25) is 5.91 Å². The number of carbonyl (C=O) groups excluding carboxylic acids is 2. The molecule has 1 aliphatic carbocycles. The number of thiazole rings is 1. The highest BCUT2D eigenvalue weighted by Gasteiger charge is 2.45. The first-order chi connectivity index (χ1) is 11.1. The fraction of sp³-hybridized carbons (Fsp3) is 0.312. The van der Waals surface area contributed by atoms with Crippen LogP contribution in [0.3, 0.4) is 0 Å². The van der Waals surface area contributed by atoms with Crippen molar-refractivity contribution in [2.24, 2.45) is 5.92 Å². The largest absolute Gasteiger partial charge is 0.496 e. The van der Waals surface area contributed by atoms with Crippen molar-refractivity contribution < 1.29 is 14.3 Å². The van der Waals surface area contributed by atoms with Crippen LogP contribution in [0.4, 0.5) is 0 Å². The number of hydrazine groups is 1. The van der Waals surface area contributed by atoms with Gasteiger partial charge in [0.05, 0.1) is 18.3 Å². The predicted octanol–water partition coefficient (Wildman–Crippen LogP) is 2.02. The summed E-state index contributed by atoms with van der Waals surface area (Å²) < 4.78 is 5.33. The molecule has 3 rings (SSSR count). The highest BCUT2D eigenvalue weighted by Crippen LogP contribution is 2.50. The van der Waals surface area contributed by atoms with E-state index in [2.05, 4.69) is 15.8 Å². The molecule has 2 atom stereocenters. The highest BCUT2D eigenvalue weighted by molar-refractivity contribution is 7.11. The normalized spacial score (nSPS) is 19.0. The number of hydrogen-bond acceptors (Lipinski definition) is 5. The number of benzene rings is 1. The van der Waals surface area contributed by atoms with E-state index in [1.165, 1.54) is 11.3 Å². The highest BCUT2D eigenvalue weighted by atomic mass is 32.1. The first kappa shape index (κ1) is 15.5. The van der Waals surface area contributed by atoms with E-state index in [1.54, 1.807) is 19.5 Å². The summed E-state index contributed by atoms with van der Waals surface area (Å²) >= 11 is 1.24. The summed E-state index contributed by atoms with van der Waals surface area (Å²) in [5.74, 6) is 0.253. The number of aromatic nitrogens is 1. The monoisotopic (exact) mass is 331 g/mol. The molecular formula is C16H17N3O3S. The first-order valence-corrected chi connectivity index (χ1v) is 8.13. The lowest BCUT2D eigenvalue weighted by Crippen LogP contribution is -2.42. The Morgan fingerprint density at radius 3 is 2.78 bits per heavy atom. The Kier molecular flexibility index (Phi) is 4.29. The Morgan fingerprint density at radius 2 is 2.09 bits per heavy atom. The molecule has 1 aliphatic rings. The Labute approximate surface area is 137 Å². The van der Waals surface area contributed by atoms with E-state index < -0.39 is 0 Å². The van der Waals surface area contributed by atoms with Gasteiger partial charge in [-0.1, -0.05) is 18.2 Å². The van der Waals surface area contributed by atoms with Gasteiger partial charge in [-0.3, -0.25) is 20.4 Å². The third-order valence-electron chi connectivity index (χ3n) is 3.92. The molecule has 1 saturated carbocycles. The number of hydrogen-bond donors (Lipinski definition) is 2. The summed E-state index contributed by atoms with van der Waals surface area (Å²) in [5, 5.41) is 0. The summed E-state index contributed by atoms with van der Waals surface area (Å²) in [7, 11) is 1.62. The van der Waals surface area contributed by atoms with Crippen LogP contribution in [0.5, 0.6) is 5.75 Å². The van der Waals surface area contributed by atoms with Crippen LogP contribution < -0.4 is 15.6 Å². The summed E-state index contributed by atoms with van der Waals surface area (Å²) in [4.78, 5) is 28.6. The van der Waals surface area contributed by atoms with Crippen molar-refractivity contribution in [2.45, 2.75) is 19.3 Å². The molecule has 120 valence electrons. The quantitative estimate of drug-likeness (QED) is 0.840. The standard InChI is InChI=1S/C16H17N3O3S/c1-9-14(23-8-17-9)16(21)19-18-15(20)12-7-11(12)10-5-3-4-6-13(10)22-2/h3-6,8,11-12H,7H2,1-2H3,(H,18,20)(H,19,21)/t11-,12-/m0/s1. The Balaban J connectivity index is 1.57. The third kappa shape index (κ3) is 3.19. The van der Waals surface area contributed by atoms with Crippen molar-refractivity contribution in [3.63, 3.8) is 0 Å². The Morgan fingerprint density at radius 1 is 1.30 bits per heavy atom. The van der Waals surface area contributed by atoms with Crippen molar-refractivity contribution >= 4 is 23.2 Å². The molecule has 0 saturated heterocycles. The average molecular weight is 331 g/mol. The molecule has 2 amide bonds. The molecule has 1 heterocycles. The summed E-state index contributed by atoms with van der Waals surface area (Å²) in [6.45, 7) is 1.76. The molecule has 0 radical (unpaired) electrons. The molecule has 1 fully saturated rings. The summed E-state index contributed by atoms with van der Waals surface area (Å²) in [6, 6.07) is 7.68. The topological polar surface area (TPSA) is 80.3 Å². The van der Waals surface area contributed by atoms with Gasteiger partial charge >= 0.3 is 0 Å². The average Bonchev–Trinajstić information content (AvgIpc) is 3.26. The molecule has 7 heteroatoms. The van der Waals surface area contributed by atoms with Crippen LogP contribution in [-0.4, -0.2) is 23.9 Å². The lowest BCUT2D eigenvalue weighted by atomic mass is 10.1. The second-order valence-corrected chi connectivity index (χ2v) is 6.26. The van der Waals surface area contributed by atoms with E-state index in [-0.39, 0.29) is 23.7 Å². The zero-order valence-electron chi connectivity index (χ0n) is 12.8. The molecule has 6 nitrogen and oxygen atoms in total. The molecule has 0 bridgehead atoms. The van der Waals surface area contributed by atoms with E-state index in [9.17, 15) is 9.59 Å². The van der Waals surface area contributed by atoms with E-state index >= 15 is 0 Å². The minimum atomic E-state index is -0.340. The molecule has 2 N–H and O–H groups in total. The SMILES string of the molecule is COc1ccccc1[C@@H]1C[C@@H]1C(=O)NNC(=O)c1scnc1C. The maximum atomic E-state index is 12.2. The van der Waals surface area contributed by atoms with Crippen LogP contribution in [0.15, 0.2) is 29.8 Å². The number of para-hydroxylation sites is 1. The van der Waals surface area contributed by atoms with Crippen LogP contribution in [0.25, 0.3) is 0 Å². The maximum Gasteiger partial charge on any atom is 0.281 e. The van der Waals surface area contributed by atoms with Crippen LogP contribution >= 0.6 is 11.3 Å². The van der Waals surface area contributed by atoms with Gasteiger partial charge in [0.25, 0.3) is 5.91 Å². The molecule has 1 aromatic heterocycles. The number of carbonyl (C=O) groups is 2. The number of nitrogens with zero attached hydrogens (tertiary/aromatic N) is 1. The smallest absolute Gasteiger partial charge is 0.281 e. The number of nitrogens with one attached hydrogen (secondary N) is 2. The lowest BCUT2D eigenvalue weighted by Gasteiger charge is -2.08. The van der Waals surface area contributed by atoms with Crippen molar-refractivity contribution in [3.8, 4) is 5.75 Å². The van der Waals surface area contributed by atoms with Crippen molar-refractivity contribution in [1.82, 2.24) is 15.8 Å². The Hall–Kier alpha value is -2.41. The van der Waals surface area contributed by atoms with E-state index in [0.29, 0.717) is 10.6 Å². The van der Waals surface area contributed by atoms with E-state index in [4.69, 9.17) is 4.74 Å². The predicted molar refractivity (Wildman–Crippen MR) is 86.3 cm³/mol. The minimum absolute atomic E-state index is 0.133. The van der Waals surface area contributed by atoms with E-state index in [1.807, 2.05) is 24.3 Å². The first-order valence-electron chi connectivity index (χ1n) is 7.25. The number of aryl methyl sites for hydroxylation is 1. The molecule has 0 aliphatic heterocycles. The lowest BCUT2D eigenvalue weighted by molar-refractivity contribution is -0.123. The van der Waals surface area contributed by atoms with Crippen molar-refractivity contribution in [2.75, 3.05) is 7.11 Å². The van der Waals surface area contributed by atoms with Gasteiger partial charge in [-0.2, -0.15) is 0 Å². The van der Waals surface area contributed by atoms with Gasteiger partial charge in [0.15, 0.2) is 0 Å². The minimum Gasteiger partial charge on any atom is -0.496 e. The van der Waals surface area contributed by atoms with Gasteiger partial charge in [-0.05, 0) is 30.9 Å². The van der Waals surface area contributed by atoms with Crippen LogP contribution in [0, 0.1) is 12.8 Å². The Bertz CT molecular complexity index is 744. The number of ether oxygens (including phenoxy) is 1. The molecule has 23 heavy (non-hydrogen) atoms. The van der Waals surface area contributed by atoms with Gasteiger partial charge in [0, 0.05) is 5.92 Å².